The molecule has 1 N–H and O–H groups in total. The van der Waals surface area contributed by atoms with Gasteiger partial charge in [-0.3, -0.25) is 0 Å². The molecule has 20 heavy (non-hydrogen) atoms. The van der Waals surface area contributed by atoms with Crippen LogP contribution in [0.1, 0.15) is 18.4 Å². The van der Waals surface area contributed by atoms with Crippen LogP contribution in [0, 0.1) is 0 Å². The first kappa shape index (κ1) is 12.3. The van der Waals surface area contributed by atoms with Gasteiger partial charge in [0.2, 0.25) is 0 Å². The molecule has 0 amide bonds. The van der Waals surface area contributed by atoms with Crippen LogP contribution >= 0.6 is 0 Å². The van der Waals surface area contributed by atoms with E-state index < -0.39 is 11.7 Å². The Morgan fingerprint density at radius 1 is 1.30 bits per heavy atom. The van der Waals surface area contributed by atoms with E-state index in [9.17, 15) is 13.2 Å². The third kappa shape index (κ3) is 1.76. The predicted octanol–water partition coefficient (Wildman–Crippen LogP) is 1.82. The number of pyridine rings is 1. The lowest BCUT2D eigenvalue weighted by Gasteiger charge is -2.36. The molecule has 1 aliphatic carbocycles. The van der Waals surface area contributed by atoms with Crippen molar-refractivity contribution in [2.24, 2.45) is 0 Å². The van der Waals surface area contributed by atoms with Crippen LogP contribution in [0.15, 0.2) is 12.3 Å². The van der Waals surface area contributed by atoms with E-state index in [-0.39, 0.29) is 6.17 Å². The molecule has 0 unspecified atom stereocenters. The maximum atomic E-state index is 12.9. The molecule has 2 aliphatic heterocycles. The number of aromatic nitrogens is 1. The maximum Gasteiger partial charge on any atom is 0.417 e. The molecule has 108 valence electrons. The van der Waals surface area contributed by atoms with Crippen LogP contribution in [0.4, 0.5) is 24.7 Å². The third-order valence-corrected chi connectivity index (χ3v) is 4.20. The minimum atomic E-state index is -4.33. The van der Waals surface area contributed by atoms with Crippen molar-refractivity contribution in [1.82, 2.24) is 10.3 Å². The normalized spacial score (nSPS) is 25.6. The molecular weight excluding hydrogens is 269 g/mol. The first-order chi connectivity index (χ1) is 9.55. The van der Waals surface area contributed by atoms with Gasteiger partial charge in [-0.1, -0.05) is 0 Å². The van der Waals surface area contributed by atoms with Gasteiger partial charge in [-0.25, -0.2) is 4.98 Å². The van der Waals surface area contributed by atoms with E-state index in [0.29, 0.717) is 17.5 Å². The van der Waals surface area contributed by atoms with Gasteiger partial charge in [-0.2, -0.15) is 13.2 Å². The van der Waals surface area contributed by atoms with E-state index in [1.54, 1.807) is 0 Å². The molecule has 0 radical (unpaired) electrons. The number of nitrogens with one attached hydrogen (secondary N) is 1. The fraction of sp³-hybridized carbons (Fsp3) is 0.615. The van der Waals surface area contributed by atoms with Crippen molar-refractivity contribution in [3.63, 3.8) is 0 Å². The third-order valence-electron chi connectivity index (χ3n) is 4.20. The molecule has 7 heteroatoms. The number of fused-ring (bicyclic) bond motifs is 3. The summed E-state index contributed by atoms with van der Waals surface area (Å²) < 4.78 is 38.7. The van der Waals surface area contributed by atoms with Gasteiger partial charge in [-0.15, -0.1) is 0 Å². The minimum Gasteiger partial charge on any atom is -0.344 e. The van der Waals surface area contributed by atoms with Gasteiger partial charge in [0.05, 0.1) is 11.3 Å². The van der Waals surface area contributed by atoms with E-state index in [1.165, 1.54) is 6.07 Å². The lowest BCUT2D eigenvalue weighted by molar-refractivity contribution is -0.137. The number of hydrogen-bond acceptors (Lipinski definition) is 4. The number of rotatable bonds is 1. The van der Waals surface area contributed by atoms with Crippen LogP contribution < -0.4 is 15.1 Å². The lowest BCUT2D eigenvalue weighted by Crippen LogP contribution is -2.56. The molecule has 4 nitrogen and oxygen atoms in total. The molecule has 0 aromatic carbocycles. The first-order valence-corrected chi connectivity index (χ1v) is 6.88. The van der Waals surface area contributed by atoms with Crippen molar-refractivity contribution in [1.29, 1.82) is 0 Å². The average molecular weight is 284 g/mol. The molecule has 3 aliphatic rings. The Hall–Kier alpha value is -1.50. The maximum absolute atomic E-state index is 12.9. The van der Waals surface area contributed by atoms with Crippen LogP contribution in [0.5, 0.6) is 0 Å². The zero-order chi connectivity index (χ0) is 13.9. The number of nitrogens with zero attached hydrogens (tertiary/aromatic N) is 3. The summed E-state index contributed by atoms with van der Waals surface area (Å²) in [5, 5.41) is 3.32. The number of hydrogen-bond donors (Lipinski definition) is 1. The van der Waals surface area contributed by atoms with Gasteiger partial charge < -0.3 is 15.1 Å². The Morgan fingerprint density at radius 2 is 2.10 bits per heavy atom. The molecule has 0 spiro atoms. The molecule has 1 saturated carbocycles. The quantitative estimate of drug-likeness (QED) is 0.852. The SMILES string of the molecule is FC(F)(F)c1cnc2c(c1)N(C1CC1)[C@H]1CNCCN21. The van der Waals surface area contributed by atoms with Crippen molar-refractivity contribution < 1.29 is 13.2 Å². The minimum absolute atomic E-state index is 0.113. The molecule has 0 bridgehead atoms. The highest BCUT2D eigenvalue weighted by Gasteiger charge is 2.46. The van der Waals surface area contributed by atoms with Crippen LogP contribution in [-0.4, -0.2) is 36.8 Å². The summed E-state index contributed by atoms with van der Waals surface area (Å²) >= 11 is 0. The molecule has 1 aromatic heterocycles. The van der Waals surface area contributed by atoms with Crippen molar-refractivity contribution in [2.45, 2.75) is 31.2 Å². The van der Waals surface area contributed by atoms with Crippen LogP contribution in [-0.2, 0) is 6.18 Å². The summed E-state index contributed by atoms with van der Waals surface area (Å²) in [4.78, 5) is 8.36. The summed E-state index contributed by atoms with van der Waals surface area (Å²) in [6.07, 6.45) is -1.16. The molecule has 1 atom stereocenters. The van der Waals surface area contributed by atoms with Gasteiger partial charge in [0, 0.05) is 31.9 Å². The topological polar surface area (TPSA) is 31.4 Å². The highest BCUT2D eigenvalue weighted by molar-refractivity contribution is 5.76. The Kier molecular flexibility index (Phi) is 2.45. The van der Waals surface area contributed by atoms with E-state index in [0.717, 1.165) is 38.7 Å². The summed E-state index contributed by atoms with van der Waals surface area (Å²) in [6.45, 7) is 2.41. The molecule has 1 saturated heterocycles. The predicted molar refractivity (Wildman–Crippen MR) is 68.7 cm³/mol. The van der Waals surface area contributed by atoms with E-state index in [2.05, 4.69) is 20.1 Å². The second kappa shape index (κ2) is 4.00. The average Bonchev–Trinajstić information content (AvgIpc) is 3.19. The van der Waals surface area contributed by atoms with Crippen molar-refractivity contribution in [2.75, 3.05) is 29.4 Å². The van der Waals surface area contributed by atoms with E-state index in [1.807, 2.05) is 0 Å². The fourth-order valence-corrected chi connectivity index (χ4v) is 3.15. The Morgan fingerprint density at radius 3 is 2.80 bits per heavy atom. The van der Waals surface area contributed by atoms with Gasteiger partial charge in [0.25, 0.3) is 0 Å². The summed E-state index contributed by atoms with van der Waals surface area (Å²) in [5.74, 6) is 0.705. The zero-order valence-corrected chi connectivity index (χ0v) is 10.8. The highest BCUT2D eigenvalue weighted by atomic mass is 19.4. The van der Waals surface area contributed by atoms with Crippen molar-refractivity contribution >= 4 is 11.5 Å². The molecular formula is C13H15F3N4. The van der Waals surface area contributed by atoms with Gasteiger partial charge in [-0.05, 0) is 18.9 Å². The second-order valence-corrected chi connectivity index (χ2v) is 5.58. The van der Waals surface area contributed by atoms with Crippen molar-refractivity contribution in [3.05, 3.63) is 17.8 Å². The number of anilines is 2. The number of piperazine rings is 1. The van der Waals surface area contributed by atoms with Crippen molar-refractivity contribution in [3.8, 4) is 0 Å². The Balaban J connectivity index is 1.80. The van der Waals surface area contributed by atoms with Crippen LogP contribution in [0.2, 0.25) is 0 Å². The number of alkyl halides is 3. The monoisotopic (exact) mass is 284 g/mol. The molecule has 4 rings (SSSR count). The van der Waals surface area contributed by atoms with Gasteiger partial charge in [0.1, 0.15) is 6.17 Å². The second-order valence-electron chi connectivity index (χ2n) is 5.58. The zero-order valence-electron chi connectivity index (χ0n) is 10.8. The van der Waals surface area contributed by atoms with E-state index in [4.69, 9.17) is 0 Å². The molecule has 3 heterocycles. The van der Waals surface area contributed by atoms with Gasteiger partial charge >= 0.3 is 6.18 Å². The highest BCUT2D eigenvalue weighted by Crippen LogP contribution is 2.46. The Labute approximate surface area is 114 Å². The first-order valence-electron chi connectivity index (χ1n) is 6.88. The smallest absolute Gasteiger partial charge is 0.344 e. The Bertz CT molecular complexity index is 541. The summed E-state index contributed by atoms with van der Waals surface area (Å²) in [5.41, 5.74) is -0.00858. The number of halogens is 3. The largest absolute Gasteiger partial charge is 0.417 e. The van der Waals surface area contributed by atoms with E-state index >= 15 is 0 Å². The fourth-order valence-electron chi connectivity index (χ4n) is 3.15. The lowest BCUT2D eigenvalue weighted by atomic mass is 10.2. The van der Waals surface area contributed by atoms with Crippen LogP contribution in [0.25, 0.3) is 0 Å². The molecule has 2 fully saturated rings. The summed E-state index contributed by atoms with van der Waals surface area (Å²) in [6, 6.07) is 1.63. The van der Waals surface area contributed by atoms with Gasteiger partial charge in [0.15, 0.2) is 5.82 Å². The standard InChI is InChI=1S/C13H15F3N4/c14-13(15,16)8-5-10-12(18-6-8)19-4-3-17-7-11(19)20(10)9-1-2-9/h5-6,9,11,17H,1-4,7H2/t11-/m0/s1. The molecule has 1 aromatic rings. The summed E-state index contributed by atoms with van der Waals surface area (Å²) in [7, 11) is 0. The van der Waals surface area contributed by atoms with Crippen LogP contribution in [0.3, 0.4) is 0 Å².